The average Bonchev–Trinajstić information content (AvgIpc) is 1.65. The standard InChI is InChI=1S/C4H10NO2P/c6-8(7)3-1-2-5-4-8/h4-7H,1-3H2. The number of nitrogens with one attached hydrogen (secondary N) is 1. The van der Waals surface area contributed by atoms with Crippen molar-refractivity contribution in [2.75, 3.05) is 12.7 Å². The van der Waals surface area contributed by atoms with E-state index in [4.69, 9.17) is 9.79 Å². The summed E-state index contributed by atoms with van der Waals surface area (Å²) in [6.07, 6.45) is 1.43. The Labute approximate surface area is 48.5 Å². The molecule has 0 fully saturated rings. The van der Waals surface area contributed by atoms with Crippen LogP contribution in [0.3, 0.4) is 0 Å². The summed E-state index contributed by atoms with van der Waals surface area (Å²) in [4.78, 5) is 17.8. The monoisotopic (exact) mass is 135 g/mol. The molecule has 8 heavy (non-hydrogen) atoms. The molecule has 0 bridgehead atoms. The molecule has 1 rings (SSSR count). The first kappa shape index (κ1) is 6.30. The van der Waals surface area contributed by atoms with Gasteiger partial charge in [-0.1, -0.05) is 0 Å². The maximum Gasteiger partial charge on any atom is 0.129 e. The Kier molecular flexibility index (Phi) is 1.73. The summed E-state index contributed by atoms with van der Waals surface area (Å²) in [5.74, 6) is 1.43. The van der Waals surface area contributed by atoms with Crippen molar-refractivity contribution < 1.29 is 9.79 Å². The Balaban J connectivity index is 2.63. The number of hydrogen-bond donors (Lipinski definition) is 3. The van der Waals surface area contributed by atoms with Crippen molar-refractivity contribution in [3.63, 3.8) is 0 Å². The van der Waals surface area contributed by atoms with Crippen LogP contribution in [-0.4, -0.2) is 28.4 Å². The van der Waals surface area contributed by atoms with Gasteiger partial charge in [0, 0.05) is 18.6 Å². The Morgan fingerprint density at radius 2 is 2.25 bits per heavy atom. The van der Waals surface area contributed by atoms with Crippen molar-refractivity contribution in [2.45, 2.75) is 6.42 Å². The van der Waals surface area contributed by atoms with Gasteiger partial charge in [-0.05, 0) is 6.42 Å². The van der Waals surface area contributed by atoms with E-state index in [1.54, 1.807) is 0 Å². The smallest absolute Gasteiger partial charge is 0.129 e. The summed E-state index contributed by atoms with van der Waals surface area (Å²) in [6, 6.07) is 0. The SMILES string of the molecule is OP1(O)=CNCCC1. The van der Waals surface area contributed by atoms with Gasteiger partial charge >= 0.3 is 0 Å². The molecule has 48 valence electrons. The zero-order chi connectivity index (χ0) is 6.04. The Morgan fingerprint density at radius 3 is 2.50 bits per heavy atom. The highest BCUT2D eigenvalue weighted by Gasteiger charge is 2.10. The van der Waals surface area contributed by atoms with E-state index in [-0.39, 0.29) is 0 Å². The van der Waals surface area contributed by atoms with Gasteiger partial charge < -0.3 is 9.79 Å². The molecule has 1 heterocycles. The largest absolute Gasteiger partial charge is 0.352 e. The molecule has 0 aromatic heterocycles. The van der Waals surface area contributed by atoms with Crippen LogP contribution in [0, 0.1) is 0 Å². The molecule has 0 atom stereocenters. The van der Waals surface area contributed by atoms with Crippen molar-refractivity contribution in [2.24, 2.45) is 0 Å². The lowest BCUT2D eigenvalue weighted by molar-refractivity contribution is 0.469. The highest BCUT2D eigenvalue weighted by Crippen LogP contribution is 2.37. The van der Waals surface area contributed by atoms with Crippen LogP contribution in [0.2, 0.25) is 0 Å². The lowest BCUT2D eigenvalue weighted by Crippen LogP contribution is -2.20. The fraction of sp³-hybridized carbons (Fsp3) is 0.750. The number of rotatable bonds is 0. The van der Waals surface area contributed by atoms with Crippen molar-refractivity contribution in [1.82, 2.24) is 5.32 Å². The predicted octanol–water partition coefficient (Wildman–Crippen LogP) is -0.428. The van der Waals surface area contributed by atoms with Gasteiger partial charge in [-0.15, -0.1) is 0 Å². The molecule has 0 aromatic carbocycles. The van der Waals surface area contributed by atoms with Crippen LogP contribution in [0.4, 0.5) is 0 Å². The summed E-state index contributed by atoms with van der Waals surface area (Å²) in [7, 11) is -2.57. The van der Waals surface area contributed by atoms with E-state index < -0.39 is 7.34 Å². The average molecular weight is 135 g/mol. The Morgan fingerprint density at radius 1 is 1.50 bits per heavy atom. The molecule has 0 saturated heterocycles. The fourth-order valence-corrected chi connectivity index (χ4v) is 1.86. The maximum atomic E-state index is 8.92. The third kappa shape index (κ3) is 1.60. The first-order valence-electron chi connectivity index (χ1n) is 2.62. The molecule has 1 aliphatic heterocycles. The summed E-state index contributed by atoms with van der Waals surface area (Å²) in [6.45, 7) is 0.878. The second-order valence-corrected chi connectivity index (χ2v) is 4.22. The minimum Gasteiger partial charge on any atom is -0.352 e. The molecule has 1 aliphatic rings. The highest BCUT2D eigenvalue weighted by atomic mass is 31.2. The van der Waals surface area contributed by atoms with Crippen molar-refractivity contribution >= 4 is 13.3 Å². The maximum absolute atomic E-state index is 8.92. The van der Waals surface area contributed by atoms with Crippen LogP contribution in [-0.2, 0) is 0 Å². The van der Waals surface area contributed by atoms with Crippen molar-refractivity contribution in [1.29, 1.82) is 0 Å². The van der Waals surface area contributed by atoms with Gasteiger partial charge in [0.05, 0.1) is 0 Å². The molecule has 0 aliphatic carbocycles. The second kappa shape index (κ2) is 2.19. The topological polar surface area (TPSA) is 52.5 Å². The second-order valence-electron chi connectivity index (χ2n) is 1.95. The molecule has 0 amide bonds. The van der Waals surface area contributed by atoms with Gasteiger partial charge in [-0.25, -0.2) is 0 Å². The molecule has 0 aromatic rings. The minimum absolute atomic E-state index is 0.556. The molecular formula is C4H10NO2P. The molecule has 0 radical (unpaired) electrons. The quantitative estimate of drug-likeness (QED) is 0.395. The van der Waals surface area contributed by atoms with E-state index in [1.807, 2.05) is 0 Å². The van der Waals surface area contributed by atoms with Gasteiger partial charge in [0.25, 0.3) is 0 Å². The van der Waals surface area contributed by atoms with E-state index >= 15 is 0 Å². The molecule has 4 heteroatoms. The fourth-order valence-electron chi connectivity index (χ4n) is 0.689. The van der Waals surface area contributed by atoms with Crippen LogP contribution in [0.1, 0.15) is 6.42 Å². The van der Waals surface area contributed by atoms with Gasteiger partial charge in [0.15, 0.2) is 0 Å². The molecular weight excluding hydrogens is 125 g/mol. The van der Waals surface area contributed by atoms with Crippen LogP contribution in [0.25, 0.3) is 0 Å². The molecule has 0 saturated carbocycles. The molecule has 3 N–H and O–H groups in total. The van der Waals surface area contributed by atoms with Crippen LogP contribution >= 0.6 is 7.34 Å². The van der Waals surface area contributed by atoms with E-state index in [2.05, 4.69) is 5.32 Å². The summed E-state index contributed by atoms with van der Waals surface area (Å²) in [5.41, 5.74) is 0. The Hall–Kier alpha value is 0.180. The number of hydrogen-bond acceptors (Lipinski definition) is 3. The normalized spacial score (nSPS) is 26.8. The first-order chi connectivity index (χ1) is 3.71. The van der Waals surface area contributed by atoms with E-state index in [0.717, 1.165) is 13.0 Å². The van der Waals surface area contributed by atoms with E-state index in [9.17, 15) is 0 Å². The lowest BCUT2D eigenvalue weighted by atomic mass is 10.5. The van der Waals surface area contributed by atoms with Gasteiger partial charge in [-0.3, -0.25) is 5.32 Å². The highest BCUT2D eigenvalue weighted by molar-refractivity contribution is 7.63. The summed E-state index contributed by atoms with van der Waals surface area (Å²) >= 11 is 0. The first-order valence-corrected chi connectivity index (χ1v) is 4.57. The summed E-state index contributed by atoms with van der Waals surface area (Å²) in [5, 5.41) is 2.80. The molecule has 0 spiro atoms. The van der Waals surface area contributed by atoms with Crippen molar-refractivity contribution in [3.8, 4) is 0 Å². The van der Waals surface area contributed by atoms with E-state index in [0.29, 0.717) is 6.16 Å². The minimum atomic E-state index is -2.57. The summed E-state index contributed by atoms with van der Waals surface area (Å²) < 4.78 is 0. The van der Waals surface area contributed by atoms with Crippen LogP contribution in [0.5, 0.6) is 0 Å². The molecule has 3 nitrogen and oxygen atoms in total. The van der Waals surface area contributed by atoms with E-state index in [1.165, 1.54) is 5.92 Å². The van der Waals surface area contributed by atoms with Gasteiger partial charge in [-0.2, -0.15) is 0 Å². The third-order valence-electron chi connectivity index (χ3n) is 1.11. The zero-order valence-corrected chi connectivity index (χ0v) is 5.43. The predicted molar refractivity (Wildman–Crippen MR) is 34.9 cm³/mol. The van der Waals surface area contributed by atoms with Crippen LogP contribution < -0.4 is 5.32 Å². The third-order valence-corrected chi connectivity index (χ3v) is 2.68. The van der Waals surface area contributed by atoms with Crippen LogP contribution in [0.15, 0.2) is 0 Å². The van der Waals surface area contributed by atoms with Crippen molar-refractivity contribution in [3.05, 3.63) is 0 Å². The Bertz CT molecular complexity index is 128. The van der Waals surface area contributed by atoms with Gasteiger partial charge in [0.2, 0.25) is 0 Å². The molecule has 0 unspecified atom stereocenters. The lowest BCUT2D eigenvalue weighted by Gasteiger charge is -2.16. The van der Waals surface area contributed by atoms with Gasteiger partial charge in [0.1, 0.15) is 7.34 Å². The zero-order valence-electron chi connectivity index (χ0n) is 4.54.